The van der Waals surface area contributed by atoms with E-state index in [4.69, 9.17) is 4.42 Å². The summed E-state index contributed by atoms with van der Waals surface area (Å²) in [5, 5.41) is 2.73. The first-order valence-electron chi connectivity index (χ1n) is 6.37. The molecule has 0 aliphatic carbocycles. The van der Waals surface area contributed by atoms with Gasteiger partial charge in [0.05, 0.1) is 0 Å². The van der Waals surface area contributed by atoms with Gasteiger partial charge >= 0.3 is 0 Å². The molecule has 0 aliphatic rings. The van der Waals surface area contributed by atoms with E-state index >= 15 is 0 Å². The zero-order valence-electron chi connectivity index (χ0n) is 11.3. The molecule has 3 aromatic rings. The van der Waals surface area contributed by atoms with Crippen LogP contribution in [0.5, 0.6) is 0 Å². The van der Waals surface area contributed by atoms with Crippen LogP contribution < -0.4 is 5.32 Å². The molecule has 0 radical (unpaired) electrons. The number of anilines is 1. The van der Waals surface area contributed by atoms with E-state index in [0.717, 1.165) is 16.6 Å². The zero-order chi connectivity index (χ0) is 14.1. The Balaban J connectivity index is 2.04. The van der Waals surface area contributed by atoms with E-state index in [9.17, 15) is 4.79 Å². The zero-order valence-corrected chi connectivity index (χ0v) is 11.3. The van der Waals surface area contributed by atoms with Gasteiger partial charge in [-0.3, -0.25) is 4.79 Å². The highest BCUT2D eigenvalue weighted by Gasteiger charge is 2.09. The molecule has 3 rings (SSSR count). The number of nitrogens with one attached hydrogen (secondary N) is 1. The van der Waals surface area contributed by atoms with Gasteiger partial charge in [-0.25, -0.2) is 4.98 Å². The van der Waals surface area contributed by atoms with Crippen molar-refractivity contribution in [2.24, 2.45) is 0 Å². The molecule has 20 heavy (non-hydrogen) atoms. The summed E-state index contributed by atoms with van der Waals surface area (Å²) in [6, 6.07) is 13.4. The van der Waals surface area contributed by atoms with Crippen molar-refractivity contribution in [2.45, 2.75) is 13.8 Å². The second-order valence-electron chi connectivity index (χ2n) is 4.75. The second-order valence-corrected chi connectivity index (χ2v) is 4.75. The normalized spacial score (nSPS) is 10.7. The van der Waals surface area contributed by atoms with Crippen molar-refractivity contribution in [1.82, 2.24) is 4.98 Å². The van der Waals surface area contributed by atoms with Crippen LogP contribution in [0.15, 0.2) is 46.9 Å². The van der Waals surface area contributed by atoms with E-state index in [1.165, 1.54) is 6.92 Å². The minimum absolute atomic E-state index is 0.109. The molecule has 0 aliphatic heterocycles. The standard InChI is InChI=1S/C16H14N2O2/c1-10-4-3-5-12(8-10)16-18-14-7-6-13(17-11(2)19)9-15(14)20-16/h3-9H,1-2H3,(H,17,19). The van der Waals surface area contributed by atoms with Crippen molar-refractivity contribution < 1.29 is 9.21 Å². The summed E-state index contributed by atoms with van der Waals surface area (Å²) in [6.45, 7) is 3.50. The quantitative estimate of drug-likeness (QED) is 0.768. The maximum Gasteiger partial charge on any atom is 0.227 e. The molecule has 100 valence electrons. The van der Waals surface area contributed by atoms with Crippen molar-refractivity contribution in [2.75, 3.05) is 5.32 Å². The van der Waals surface area contributed by atoms with E-state index in [2.05, 4.69) is 10.3 Å². The maximum absolute atomic E-state index is 11.1. The summed E-state index contributed by atoms with van der Waals surface area (Å²) in [5.41, 5.74) is 4.24. The lowest BCUT2D eigenvalue weighted by atomic mass is 10.1. The Hall–Kier alpha value is -2.62. The average molecular weight is 266 g/mol. The number of benzene rings is 2. The van der Waals surface area contributed by atoms with Crippen molar-refractivity contribution >= 4 is 22.7 Å². The van der Waals surface area contributed by atoms with Gasteiger partial charge in [0.15, 0.2) is 5.58 Å². The smallest absolute Gasteiger partial charge is 0.227 e. The maximum atomic E-state index is 11.1. The highest BCUT2D eigenvalue weighted by molar-refractivity contribution is 5.91. The molecule has 0 bridgehead atoms. The summed E-state index contributed by atoms with van der Waals surface area (Å²) in [5.74, 6) is 0.478. The topological polar surface area (TPSA) is 55.1 Å². The van der Waals surface area contributed by atoms with Gasteiger partial charge in [0, 0.05) is 24.2 Å². The molecule has 0 spiro atoms. The van der Waals surface area contributed by atoms with Crippen LogP contribution in [0, 0.1) is 6.92 Å². The molecule has 1 amide bonds. The lowest BCUT2D eigenvalue weighted by Crippen LogP contribution is -2.05. The first-order valence-corrected chi connectivity index (χ1v) is 6.37. The predicted molar refractivity (Wildman–Crippen MR) is 78.5 cm³/mol. The second kappa shape index (κ2) is 4.81. The Morgan fingerprint density at radius 1 is 1.20 bits per heavy atom. The van der Waals surface area contributed by atoms with Crippen LogP contribution >= 0.6 is 0 Å². The number of rotatable bonds is 2. The van der Waals surface area contributed by atoms with Crippen molar-refractivity contribution in [3.05, 3.63) is 48.0 Å². The van der Waals surface area contributed by atoms with Crippen molar-refractivity contribution in [3.63, 3.8) is 0 Å². The fraction of sp³-hybridized carbons (Fsp3) is 0.125. The van der Waals surface area contributed by atoms with E-state index in [0.29, 0.717) is 17.2 Å². The minimum Gasteiger partial charge on any atom is -0.436 e. The molecule has 0 saturated carbocycles. The van der Waals surface area contributed by atoms with Gasteiger partial charge in [0.2, 0.25) is 11.8 Å². The third-order valence-corrected chi connectivity index (χ3v) is 2.97. The molecular weight excluding hydrogens is 252 g/mol. The molecule has 4 nitrogen and oxygen atoms in total. The lowest BCUT2D eigenvalue weighted by Gasteiger charge is -1.99. The van der Waals surface area contributed by atoms with Gasteiger partial charge in [0.25, 0.3) is 0 Å². The molecular formula is C16H14N2O2. The minimum atomic E-state index is -0.109. The van der Waals surface area contributed by atoms with E-state index in [-0.39, 0.29) is 5.91 Å². The van der Waals surface area contributed by atoms with Gasteiger partial charge in [-0.05, 0) is 31.2 Å². The van der Waals surface area contributed by atoms with Gasteiger partial charge in [-0.1, -0.05) is 17.7 Å². The third-order valence-electron chi connectivity index (χ3n) is 2.97. The Bertz CT molecular complexity index is 790. The van der Waals surface area contributed by atoms with E-state index < -0.39 is 0 Å². The first kappa shape index (κ1) is 12.4. The third kappa shape index (κ3) is 2.40. The molecule has 1 aromatic heterocycles. The Kier molecular flexibility index (Phi) is 2.99. The number of amides is 1. The lowest BCUT2D eigenvalue weighted by molar-refractivity contribution is -0.114. The summed E-state index contributed by atoms with van der Waals surface area (Å²) in [4.78, 5) is 15.5. The van der Waals surface area contributed by atoms with Crippen LogP contribution in [0.3, 0.4) is 0 Å². The molecule has 1 N–H and O–H groups in total. The fourth-order valence-corrected chi connectivity index (χ4v) is 2.11. The highest BCUT2D eigenvalue weighted by atomic mass is 16.3. The van der Waals surface area contributed by atoms with Crippen LogP contribution in [0.4, 0.5) is 5.69 Å². The van der Waals surface area contributed by atoms with Gasteiger partial charge < -0.3 is 9.73 Å². The Labute approximate surface area is 116 Å². The van der Waals surface area contributed by atoms with Gasteiger partial charge in [0.1, 0.15) is 5.52 Å². The number of carbonyl (C=O) groups excluding carboxylic acids is 1. The molecule has 2 aromatic carbocycles. The van der Waals surface area contributed by atoms with Crippen LogP contribution in [-0.4, -0.2) is 10.9 Å². The summed E-state index contributed by atoms with van der Waals surface area (Å²) >= 11 is 0. The Morgan fingerprint density at radius 3 is 2.80 bits per heavy atom. The van der Waals surface area contributed by atoms with Crippen molar-refractivity contribution in [1.29, 1.82) is 0 Å². The van der Waals surface area contributed by atoms with E-state index in [1.807, 2.05) is 43.3 Å². The molecule has 0 unspecified atom stereocenters. The van der Waals surface area contributed by atoms with Crippen LogP contribution in [0.1, 0.15) is 12.5 Å². The number of oxazole rings is 1. The molecule has 1 heterocycles. The molecule has 0 atom stereocenters. The SMILES string of the molecule is CC(=O)Nc1ccc2nc(-c3cccc(C)c3)oc2c1. The van der Waals surface area contributed by atoms with Gasteiger partial charge in [-0.15, -0.1) is 0 Å². The summed E-state index contributed by atoms with van der Waals surface area (Å²) in [6.07, 6.45) is 0. The van der Waals surface area contributed by atoms with Crippen LogP contribution in [0.25, 0.3) is 22.6 Å². The summed E-state index contributed by atoms with van der Waals surface area (Å²) < 4.78 is 5.77. The number of hydrogen-bond donors (Lipinski definition) is 1. The number of hydrogen-bond acceptors (Lipinski definition) is 3. The predicted octanol–water partition coefficient (Wildman–Crippen LogP) is 3.76. The highest BCUT2D eigenvalue weighted by Crippen LogP contribution is 2.26. The van der Waals surface area contributed by atoms with Gasteiger partial charge in [-0.2, -0.15) is 0 Å². The fourth-order valence-electron chi connectivity index (χ4n) is 2.11. The molecule has 4 heteroatoms. The first-order chi connectivity index (χ1) is 9.61. The summed E-state index contributed by atoms with van der Waals surface area (Å²) in [7, 11) is 0. The van der Waals surface area contributed by atoms with E-state index in [1.54, 1.807) is 6.07 Å². The van der Waals surface area contributed by atoms with Crippen LogP contribution in [-0.2, 0) is 4.79 Å². The number of nitrogens with zero attached hydrogens (tertiary/aromatic N) is 1. The number of aryl methyl sites for hydroxylation is 1. The van der Waals surface area contributed by atoms with Crippen molar-refractivity contribution in [3.8, 4) is 11.5 Å². The number of fused-ring (bicyclic) bond motifs is 1. The number of aromatic nitrogens is 1. The average Bonchev–Trinajstić information content (AvgIpc) is 2.81. The van der Waals surface area contributed by atoms with Crippen LogP contribution in [0.2, 0.25) is 0 Å². The molecule has 0 fully saturated rings. The number of carbonyl (C=O) groups is 1. The Morgan fingerprint density at radius 2 is 2.05 bits per heavy atom. The molecule has 0 saturated heterocycles. The monoisotopic (exact) mass is 266 g/mol. The largest absolute Gasteiger partial charge is 0.436 e.